The van der Waals surface area contributed by atoms with E-state index in [0.29, 0.717) is 16.5 Å². The van der Waals surface area contributed by atoms with Crippen LogP contribution in [0.4, 0.5) is 13.2 Å². The topological polar surface area (TPSA) is 12.9 Å². The fourth-order valence-electron chi connectivity index (χ4n) is 2.40. The highest BCUT2D eigenvalue weighted by atomic mass is 19.4. The lowest BCUT2D eigenvalue weighted by Crippen LogP contribution is -2.06. The first kappa shape index (κ1) is 14.2. The number of rotatable bonds is 1. The van der Waals surface area contributed by atoms with E-state index in [1.54, 1.807) is 18.2 Å². The zero-order valence-corrected chi connectivity index (χ0v) is 11.4. The van der Waals surface area contributed by atoms with Crippen LogP contribution < -0.4 is 0 Å². The first-order chi connectivity index (χ1) is 10.5. The molecule has 0 aliphatic carbocycles. The van der Waals surface area contributed by atoms with Crippen molar-refractivity contribution in [1.82, 2.24) is 4.98 Å². The Hall–Kier alpha value is -2.80. The SMILES string of the molecule is C#Cc1ccccc1-c1cnc2c(C(F)(F)F)cccc2c1. The molecule has 0 aliphatic heterocycles. The van der Waals surface area contributed by atoms with Gasteiger partial charge in [-0.1, -0.05) is 36.3 Å². The Bertz CT molecular complexity index is 889. The molecule has 108 valence electrons. The molecule has 0 atom stereocenters. The highest BCUT2D eigenvalue weighted by molar-refractivity contribution is 5.87. The van der Waals surface area contributed by atoms with Gasteiger partial charge in [0, 0.05) is 22.7 Å². The zero-order valence-electron chi connectivity index (χ0n) is 11.4. The molecule has 0 aliphatic rings. The van der Waals surface area contributed by atoms with Gasteiger partial charge in [0.05, 0.1) is 11.1 Å². The number of hydrogen-bond donors (Lipinski definition) is 0. The smallest absolute Gasteiger partial charge is 0.255 e. The second-order valence-electron chi connectivity index (χ2n) is 4.79. The maximum absolute atomic E-state index is 13.0. The molecule has 0 unspecified atom stereocenters. The molecule has 0 bridgehead atoms. The van der Waals surface area contributed by atoms with E-state index in [0.717, 1.165) is 11.6 Å². The Kier molecular flexibility index (Phi) is 3.34. The highest BCUT2D eigenvalue weighted by Crippen LogP contribution is 2.35. The lowest BCUT2D eigenvalue weighted by Gasteiger charge is -2.11. The summed E-state index contributed by atoms with van der Waals surface area (Å²) in [6, 6.07) is 12.9. The average molecular weight is 297 g/mol. The summed E-state index contributed by atoms with van der Waals surface area (Å²) in [7, 11) is 0. The van der Waals surface area contributed by atoms with Crippen LogP contribution in [0.1, 0.15) is 11.1 Å². The number of hydrogen-bond acceptors (Lipinski definition) is 1. The molecule has 22 heavy (non-hydrogen) atoms. The lowest BCUT2D eigenvalue weighted by atomic mass is 9.99. The molecule has 0 N–H and O–H groups in total. The summed E-state index contributed by atoms with van der Waals surface area (Å²) in [6.45, 7) is 0. The monoisotopic (exact) mass is 297 g/mol. The maximum atomic E-state index is 13.0. The van der Waals surface area contributed by atoms with Crippen molar-refractivity contribution in [3.8, 4) is 23.5 Å². The molecule has 0 saturated heterocycles. The first-order valence-corrected chi connectivity index (χ1v) is 6.52. The summed E-state index contributed by atoms with van der Waals surface area (Å²) >= 11 is 0. The van der Waals surface area contributed by atoms with Crippen LogP contribution in [0.2, 0.25) is 0 Å². The normalized spacial score (nSPS) is 11.4. The van der Waals surface area contributed by atoms with E-state index in [4.69, 9.17) is 6.42 Å². The molecule has 0 radical (unpaired) electrons. The minimum atomic E-state index is -4.43. The van der Waals surface area contributed by atoms with Gasteiger partial charge in [0.25, 0.3) is 0 Å². The fraction of sp³-hybridized carbons (Fsp3) is 0.0556. The molecule has 0 fully saturated rings. The summed E-state index contributed by atoms with van der Waals surface area (Å²) in [5.41, 5.74) is 1.35. The third-order valence-corrected chi connectivity index (χ3v) is 3.41. The molecular formula is C18H10F3N. The molecular weight excluding hydrogens is 287 g/mol. The van der Waals surface area contributed by atoms with Crippen molar-refractivity contribution in [2.75, 3.05) is 0 Å². The minimum Gasteiger partial charge on any atom is -0.255 e. The van der Waals surface area contributed by atoms with Gasteiger partial charge < -0.3 is 0 Å². The number of aromatic nitrogens is 1. The summed E-state index contributed by atoms with van der Waals surface area (Å²) < 4.78 is 39.0. The highest BCUT2D eigenvalue weighted by Gasteiger charge is 2.33. The van der Waals surface area contributed by atoms with Crippen molar-refractivity contribution >= 4 is 10.9 Å². The number of halogens is 3. The largest absolute Gasteiger partial charge is 0.418 e. The van der Waals surface area contributed by atoms with E-state index in [1.165, 1.54) is 12.3 Å². The van der Waals surface area contributed by atoms with E-state index >= 15 is 0 Å². The van der Waals surface area contributed by atoms with E-state index in [-0.39, 0.29) is 5.52 Å². The molecule has 1 aromatic heterocycles. The Morgan fingerprint density at radius 3 is 2.50 bits per heavy atom. The van der Waals surface area contributed by atoms with E-state index in [9.17, 15) is 13.2 Å². The van der Waals surface area contributed by atoms with Gasteiger partial charge in [-0.05, 0) is 23.8 Å². The minimum absolute atomic E-state index is 0.0584. The van der Waals surface area contributed by atoms with Crippen LogP contribution in [-0.2, 0) is 6.18 Å². The summed E-state index contributed by atoms with van der Waals surface area (Å²) in [6.07, 6.45) is 2.46. The van der Waals surface area contributed by atoms with Gasteiger partial charge in [-0.3, -0.25) is 4.98 Å². The third kappa shape index (κ3) is 2.42. The lowest BCUT2D eigenvalue weighted by molar-refractivity contribution is -0.136. The van der Waals surface area contributed by atoms with Crippen molar-refractivity contribution in [3.05, 3.63) is 65.9 Å². The first-order valence-electron chi connectivity index (χ1n) is 6.52. The number of para-hydroxylation sites is 1. The van der Waals surface area contributed by atoms with Crippen LogP contribution >= 0.6 is 0 Å². The van der Waals surface area contributed by atoms with Gasteiger partial charge in [0.15, 0.2) is 0 Å². The van der Waals surface area contributed by atoms with Crippen LogP contribution in [0.25, 0.3) is 22.0 Å². The Labute approximate surface area is 125 Å². The number of nitrogens with zero attached hydrogens (tertiary/aromatic N) is 1. The maximum Gasteiger partial charge on any atom is 0.418 e. The van der Waals surface area contributed by atoms with E-state index in [1.807, 2.05) is 18.2 Å². The van der Waals surface area contributed by atoms with Crippen LogP contribution in [0, 0.1) is 12.3 Å². The molecule has 4 heteroatoms. The van der Waals surface area contributed by atoms with Crippen molar-refractivity contribution in [3.63, 3.8) is 0 Å². The van der Waals surface area contributed by atoms with Gasteiger partial charge in [-0.25, -0.2) is 0 Å². The summed E-state index contributed by atoms with van der Waals surface area (Å²) in [5, 5.41) is 0.430. The van der Waals surface area contributed by atoms with Gasteiger partial charge in [-0.2, -0.15) is 13.2 Å². The fourth-order valence-corrected chi connectivity index (χ4v) is 2.40. The quantitative estimate of drug-likeness (QED) is 0.582. The van der Waals surface area contributed by atoms with Gasteiger partial charge in [0.1, 0.15) is 0 Å². The van der Waals surface area contributed by atoms with E-state index < -0.39 is 11.7 Å². The number of pyridine rings is 1. The molecule has 3 aromatic rings. The molecule has 2 aromatic carbocycles. The predicted molar refractivity (Wildman–Crippen MR) is 80.1 cm³/mol. The van der Waals surface area contributed by atoms with Gasteiger partial charge in [0.2, 0.25) is 0 Å². The van der Waals surface area contributed by atoms with Crippen LogP contribution in [0.5, 0.6) is 0 Å². The zero-order chi connectivity index (χ0) is 15.7. The van der Waals surface area contributed by atoms with Crippen LogP contribution in [0.3, 0.4) is 0 Å². The second-order valence-corrected chi connectivity index (χ2v) is 4.79. The van der Waals surface area contributed by atoms with Gasteiger partial charge in [-0.15, -0.1) is 6.42 Å². The number of fused-ring (bicyclic) bond motifs is 1. The Morgan fingerprint density at radius 2 is 1.77 bits per heavy atom. The van der Waals surface area contributed by atoms with Gasteiger partial charge >= 0.3 is 6.18 Å². The molecule has 0 spiro atoms. The molecule has 1 nitrogen and oxygen atoms in total. The standard InChI is InChI=1S/C18H10F3N/c1-2-12-6-3-4-8-15(12)14-10-13-7-5-9-16(18(19,20)21)17(13)22-11-14/h1,3-11H. The molecule has 0 saturated carbocycles. The predicted octanol–water partition coefficient (Wildman–Crippen LogP) is 4.90. The summed E-state index contributed by atoms with van der Waals surface area (Å²) in [4.78, 5) is 4.01. The second kappa shape index (κ2) is 5.19. The van der Waals surface area contributed by atoms with Crippen LogP contribution in [-0.4, -0.2) is 4.98 Å². The van der Waals surface area contributed by atoms with Crippen molar-refractivity contribution in [2.24, 2.45) is 0 Å². The molecule has 1 heterocycles. The van der Waals surface area contributed by atoms with Crippen LogP contribution in [0.15, 0.2) is 54.7 Å². The van der Waals surface area contributed by atoms with Crippen molar-refractivity contribution < 1.29 is 13.2 Å². The van der Waals surface area contributed by atoms with Crippen molar-refractivity contribution in [2.45, 2.75) is 6.18 Å². The Balaban J connectivity index is 2.22. The number of terminal acetylenes is 1. The van der Waals surface area contributed by atoms with Crippen molar-refractivity contribution in [1.29, 1.82) is 0 Å². The summed E-state index contributed by atoms with van der Waals surface area (Å²) in [5.74, 6) is 2.57. The number of alkyl halides is 3. The molecule has 3 rings (SSSR count). The Morgan fingerprint density at radius 1 is 1.00 bits per heavy atom. The average Bonchev–Trinajstić information content (AvgIpc) is 2.52. The number of benzene rings is 2. The third-order valence-electron chi connectivity index (χ3n) is 3.41. The van der Waals surface area contributed by atoms with E-state index in [2.05, 4.69) is 10.9 Å². The molecule has 0 amide bonds.